The molecule has 2 heterocycles. The Morgan fingerprint density at radius 1 is 1.29 bits per heavy atom. The number of fused-ring (bicyclic) bond motifs is 3. The number of imidazole rings is 1. The van der Waals surface area contributed by atoms with E-state index in [4.69, 9.17) is 0 Å². The third-order valence-electron chi connectivity index (χ3n) is 4.81. The summed E-state index contributed by atoms with van der Waals surface area (Å²) >= 11 is 0. The van der Waals surface area contributed by atoms with E-state index >= 15 is 0 Å². The number of benzene rings is 1. The normalized spacial score (nSPS) is 30.0. The van der Waals surface area contributed by atoms with E-state index in [9.17, 15) is 13.9 Å². The first kappa shape index (κ1) is 13.0. The fourth-order valence-corrected chi connectivity index (χ4v) is 3.83. The van der Waals surface area contributed by atoms with E-state index in [-0.39, 0.29) is 12.5 Å². The van der Waals surface area contributed by atoms with Gasteiger partial charge in [0.1, 0.15) is 6.10 Å². The van der Waals surface area contributed by atoms with Crippen LogP contribution < -0.4 is 0 Å². The summed E-state index contributed by atoms with van der Waals surface area (Å²) in [6.45, 7) is 0. The van der Waals surface area contributed by atoms with Crippen LogP contribution in [0.1, 0.15) is 30.9 Å². The lowest BCUT2D eigenvalue weighted by molar-refractivity contribution is -0.160. The van der Waals surface area contributed by atoms with Gasteiger partial charge in [-0.2, -0.15) is 0 Å². The van der Waals surface area contributed by atoms with Gasteiger partial charge in [-0.05, 0) is 18.4 Å². The zero-order valence-corrected chi connectivity index (χ0v) is 11.4. The van der Waals surface area contributed by atoms with Crippen LogP contribution in [0.15, 0.2) is 36.8 Å². The highest BCUT2D eigenvalue weighted by Crippen LogP contribution is 2.49. The van der Waals surface area contributed by atoms with Crippen molar-refractivity contribution in [1.29, 1.82) is 0 Å². The second-order valence-electron chi connectivity index (χ2n) is 5.98. The number of nitrogens with zero attached hydrogens (tertiary/aromatic N) is 2. The zero-order chi connectivity index (χ0) is 14.6. The molecule has 1 aromatic carbocycles. The minimum absolute atomic E-state index is 0.226. The molecule has 3 atom stereocenters. The van der Waals surface area contributed by atoms with Gasteiger partial charge in [-0.15, -0.1) is 0 Å². The Hall–Kier alpha value is -1.75. The maximum Gasteiger partial charge on any atom is 0.273 e. The summed E-state index contributed by atoms with van der Waals surface area (Å²) in [7, 11) is 0. The van der Waals surface area contributed by atoms with Crippen LogP contribution in [0.4, 0.5) is 8.78 Å². The predicted molar refractivity (Wildman–Crippen MR) is 74.1 cm³/mol. The van der Waals surface area contributed by atoms with Crippen molar-refractivity contribution in [1.82, 2.24) is 9.55 Å². The van der Waals surface area contributed by atoms with Gasteiger partial charge in [0.05, 0.1) is 24.3 Å². The van der Waals surface area contributed by atoms with Gasteiger partial charge in [0.25, 0.3) is 5.92 Å². The van der Waals surface area contributed by atoms with Crippen LogP contribution in [0, 0.1) is 5.92 Å². The van der Waals surface area contributed by atoms with Crippen LogP contribution in [-0.2, 0) is 0 Å². The minimum atomic E-state index is -3.00. The van der Waals surface area contributed by atoms with Crippen molar-refractivity contribution in [3.05, 3.63) is 42.4 Å². The highest BCUT2D eigenvalue weighted by Gasteiger charge is 2.50. The molecule has 2 unspecified atom stereocenters. The number of halogens is 2. The first-order chi connectivity index (χ1) is 10.1. The first-order valence-corrected chi connectivity index (χ1v) is 7.26. The van der Waals surface area contributed by atoms with Crippen molar-refractivity contribution in [2.45, 2.75) is 37.3 Å². The number of hydrogen-bond acceptors (Lipinski definition) is 2. The fourth-order valence-electron chi connectivity index (χ4n) is 3.83. The zero-order valence-electron chi connectivity index (χ0n) is 11.4. The topological polar surface area (TPSA) is 38.1 Å². The standard InChI is InChI=1S/C16H16F2N2O/c17-16(18)7-3-6-12(15(16)21)14-11-5-2-1-4-10(11)13-8-19-9-20(13)14/h1-2,4-5,8-9,12,14-15,21H,3,6-7H2/t12?,14-,15?/m1/s1. The molecule has 4 rings (SSSR count). The Morgan fingerprint density at radius 3 is 2.95 bits per heavy atom. The molecule has 0 spiro atoms. The molecule has 0 radical (unpaired) electrons. The molecule has 1 N–H and O–H groups in total. The lowest BCUT2D eigenvalue weighted by Crippen LogP contribution is -2.46. The summed E-state index contributed by atoms with van der Waals surface area (Å²) in [5, 5.41) is 10.2. The fraction of sp³-hybridized carbons (Fsp3) is 0.438. The summed E-state index contributed by atoms with van der Waals surface area (Å²) in [6.07, 6.45) is 2.66. The summed E-state index contributed by atoms with van der Waals surface area (Å²) in [5.74, 6) is -3.48. The summed E-state index contributed by atoms with van der Waals surface area (Å²) in [6, 6.07) is 7.55. The molecular weight excluding hydrogens is 274 g/mol. The molecular formula is C16H16F2N2O. The van der Waals surface area contributed by atoms with E-state index < -0.39 is 17.9 Å². The van der Waals surface area contributed by atoms with Gasteiger partial charge in [0.2, 0.25) is 0 Å². The van der Waals surface area contributed by atoms with Crippen LogP contribution in [0.5, 0.6) is 0 Å². The van der Waals surface area contributed by atoms with Gasteiger partial charge in [0.15, 0.2) is 0 Å². The molecule has 2 aromatic rings. The van der Waals surface area contributed by atoms with E-state index in [1.165, 1.54) is 0 Å². The summed E-state index contributed by atoms with van der Waals surface area (Å²) in [4.78, 5) is 4.14. The summed E-state index contributed by atoms with van der Waals surface area (Å²) < 4.78 is 29.7. The summed E-state index contributed by atoms with van der Waals surface area (Å²) in [5.41, 5.74) is 2.98. The molecule has 1 saturated carbocycles. The Morgan fingerprint density at radius 2 is 2.10 bits per heavy atom. The van der Waals surface area contributed by atoms with Crippen molar-refractivity contribution < 1.29 is 13.9 Å². The maximum absolute atomic E-state index is 13.9. The quantitative estimate of drug-likeness (QED) is 0.875. The number of aliphatic hydroxyl groups is 1. The smallest absolute Gasteiger partial charge is 0.273 e. The molecule has 0 bridgehead atoms. The average molecular weight is 290 g/mol. The molecule has 1 aliphatic heterocycles. The molecule has 0 amide bonds. The van der Waals surface area contributed by atoms with E-state index in [2.05, 4.69) is 4.98 Å². The third kappa shape index (κ3) is 1.77. The van der Waals surface area contributed by atoms with Gasteiger partial charge >= 0.3 is 0 Å². The molecule has 1 aromatic heterocycles. The molecule has 5 heteroatoms. The number of alkyl halides is 2. The highest BCUT2D eigenvalue weighted by molar-refractivity contribution is 5.69. The third-order valence-corrected chi connectivity index (χ3v) is 4.81. The van der Waals surface area contributed by atoms with Crippen molar-refractivity contribution >= 4 is 0 Å². The number of aromatic nitrogens is 2. The molecule has 0 saturated heterocycles. The Bertz CT molecular complexity index is 682. The van der Waals surface area contributed by atoms with Crippen molar-refractivity contribution in [3.8, 4) is 11.3 Å². The SMILES string of the molecule is OC1C([C@H]2c3ccccc3-c3cncn32)CCCC1(F)F. The van der Waals surface area contributed by atoms with Crippen LogP contribution in [0.3, 0.4) is 0 Å². The van der Waals surface area contributed by atoms with Gasteiger partial charge in [-0.1, -0.05) is 24.3 Å². The first-order valence-electron chi connectivity index (χ1n) is 7.26. The van der Waals surface area contributed by atoms with Crippen molar-refractivity contribution in [2.75, 3.05) is 0 Å². The lowest BCUT2D eigenvalue weighted by atomic mass is 9.77. The largest absolute Gasteiger partial charge is 0.386 e. The van der Waals surface area contributed by atoms with Gasteiger partial charge in [-0.3, -0.25) is 0 Å². The molecule has 21 heavy (non-hydrogen) atoms. The van der Waals surface area contributed by atoms with Crippen molar-refractivity contribution in [2.24, 2.45) is 5.92 Å². The monoisotopic (exact) mass is 290 g/mol. The number of hydrogen-bond donors (Lipinski definition) is 1. The minimum Gasteiger partial charge on any atom is -0.386 e. The van der Waals surface area contributed by atoms with Crippen LogP contribution in [0.2, 0.25) is 0 Å². The molecule has 110 valence electrons. The van der Waals surface area contributed by atoms with E-state index in [1.807, 2.05) is 28.8 Å². The van der Waals surface area contributed by atoms with E-state index in [1.54, 1.807) is 12.5 Å². The Kier molecular flexibility index (Phi) is 2.70. The molecule has 1 fully saturated rings. The second-order valence-corrected chi connectivity index (χ2v) is 5.98. The maximum atomic E-state index is 13.9. The molecule has 3 nitrogen and oxygen atoms in total. The Balaban J connectivity index is 1.82. The number of rotatable bonds is 1. The van der Waals surface area contributed by atoms with Crippen LogP contribution >= 0.6 is 0 Å². The molecule has 2 aliphatic rings. The van der Waals surface area contributed by atoms with Gasteiger partial charge in [-0.25, -0.2) is 13.8 Å². The Labute approximate surface area is 121 Å². The van der Waals surface area contributed by atoms with Gasteiger partial charge < -0.3 is 9.67 Å². The van der Waals surface area contributed by atoms with Crippen LogP contribution in [-0.4, -0.2) is 26.7 Å². The number of aliphatic hydroxyl groups excluding tert-OH is 1. The second kappa shape index (κ2) is 4.37. The van der Waals surface area contributed by atoms with Crippen LogP contribution in [0.25, 0.3) is 11.3 Å². The van der Waals surface area contributed by atoms with E-state index in [0.29, 0.717) is 12.8 Å². The van der Waals surface area contributed by atoms with Gasteiger partial charge in [0, 0.05) is 17.9 Å². The van der Waals surface area contributed by atoms with E-state index in [0.717, 1.165) is 16.8 Å². The lowest BCUT2D eigenvalue weighted by Gasteiger charge is -2.38. The predicted octanol–water partition coefficient (Wildman–Crippen LogP) is 3.25. The average Bonchev–Trinajstić information content (AvgIpc) is 3.03. The highest BCUT2D eigenvalue weighted by atomic mass is 19.3. The van der Waals surface area contributed by atoms with Crippen molar-refractivity contribution in [3.63, 3.8) is 0 Å². The molecule has 1 aliphatic carbocycles.